The summed E-state index contributed by atoms with van der Waals surface area (Å²) in [5, 5.41) is 0. The second-order valence-electron chi connectivity index (χ2n) is 4.85. The van der Waals surface area contributed by atoms with E-state index in [2.05, 4.69) is 48.0 Å². The van der Waals surface area contributed by atoms with E-state index in [-0.39, 0.29) is 0 Å². The highest BCUT2D eigenvalue weighted by Crippen LogP contribution is 2.33. The molecule has 0 aromatic rings. The van der Waals surface area contributed by atoms with Crippen LogP contribution >= 0.6 is 0 Å². The Hall–Kier alpha value is 0. The van der Waals surface area contributed by atoms with Crippen molar-refractivity contribution in [1.82, 2.24) is 0 Å². The zero-order valence-corrected chi connectivity index (χ0v) is 8.28. The van der Waals surface area contributed by atoms with Crippen LogP contribution in [0.2, 0.25) is 0 Å². The third-order valence-corrected chi connectivity index (χ3v) is 1.73. The molecule has 0 N–H and O–H groups in total. The minimum Gasteiger partial charge on any atom is -0.0649 e. The molecule has 0 bridgehead atoms. The van der Waals surface area contributed by atoms with Crippen LogP contribution in [-0.4, -0.2) is 0 Å². The molecule has 0 saturated heterocycles. The summed E-state index contributed by atoms with van der Waals surface area (Å²) in [6, 6.07) is 0. The lowest BCUT2D eigenvalue weighted by Gasteiger charge is -2.30. The fraction of sp³-hybridized carbons (Fsp3) is 0.900. The van der Waals surface area contributed by atoms with Crippen molar-refractivity contribution >= 4 is 0 Å². The van der Waals surface area contributed by atoms with E-state index < -0.39 is 0 Å². The van der Waals surface area contributed by atoms with Crippen LogP contribution in [0.25, 0.3) is 0 Å². The molecule has 0 unspecified atom stereocenters. The van der Waals surface area contributed by atoms with Gasteiger partial charge < -0.3 is 0 Å². The molecule has 0 fully saturated rings. The molecule has 0 aliphatic rings. The van der Waals surface area contributed by atoms with Crippen LogP contribution in [0.4, 0.5) is 0 Å². The molecule has 0 aromatic carbocycles. The van der Waals surface area contributed by atoms with Gasteiger partial charge in [-0.25, -0.2) is 0 Å². The van der Waals surface area contributed by atoms with Gasteiger partial charge in [0.2, 0.25) is 0 Å². The van der Waals surface area contributed by atoms with E-state index in [1.54, 1.807) is 0 Å². The lowest BCUT2D eigenvalue weighted by molar-refractivity contribution is 0.316. The molecule has 0 heteroatoms. The van der Waals surface area contributed by atoms with Crippen LogP contribution in [-0.2, 0) is 0 Å². The number of hydrogen-bond donors (Lipinski definition) is 0. The van der Waals surface area contributed by atoms with Gasteiger partial charge in [0, 0.05) is 0 Å². The van der Waals surface area contributed by atoms with Gasteiger partial charge in [0.25, 0.3) is 0 Å². The van der Waals surface area contributed by atoms with E-state index in [4.69, 9.17) is 0 Å². The van der Waals surface area contributed by atoms with Crippen LogP contribution in [0.5, 0.6) is 0 Å². The largest absolute Gasteiger partial charge is 0.0649 e. The minimum atomic E-state index is 0.361. The molecule has 0 nitrogen and oxygen atoms in total. The Balaban J connectivity index is 3.89. The molecular weight excluding hydrogens is 120 g/mol. The third-order valence-electron chi connectivity index (χ3n) is 1.73. The fourth-order valence-electron chi connectivity index (χ4n) is 1.27. The molecule has 0 heterocycles. The monoisotopic (exact) mass is 141 g/mol. The van der Waals surface area contributed by atoms with Crippen LogP contribution in [0.3, 0.4) is 0 Å². The molecule has 61 valence electrons. The van der Waals surface area contributed by atoms with Gasteiger partial charge in [0.15, 0.2) is 0 Å². The molecule has 10 heavy (non-hydrogen) atoms. The molecule has 0 amide bonds. The Kier molecular flexibility index (Phi) is 2.94. The lowest BCUT2D eigenvalue weighted by atomic mass is 9.75. The minimum absolute atomic E-state index is 0.361. The van der Waals surface area contributed by atoms with Gasteiger partial charge in [-0.15, -0.1) is 0 Å². The van der Waals surface area contributed by atoms with E-state index >= 15 is 0 Å². The van der Waals surface area contributed by atoms with Crippen LogP contribution in [0.15, 0.2) is 0 Å². The summed E-state index contributed by atoms with van der Waals surface area (Å²) in [6.07, 6.45) is 3.66. The number of rotatable bonds is 2. The Labute approximate surface area is 66.0 Å². The van der Waals surface area contributed by atoms with Gasteiger partial charge in [0.05, 0.1) is 0 Å². The summed E-state index contributed by atoms with van der Waals surface area (Å²) in [5.74, 6) is 0. The highest BCUT2D eigenvalue weighted by Gasteiger charge is 2.23. The Bertz CT molecular complexity index is 93.1. The Morgan fingerprint density at radius 3 is 1.50 bits per heavy atom. The third kappa shape index (κ3) is 4.84. The first-order chi connectivity index (χ1) is 4.27. The van der Waals surface area contributed by atoms with Crippen LogP contribution < -0.4 is 0 Å². The predicted molar refractivity (Wildman–Crippen MR) is 47.8 cm³/mol. The summed E-state index contributed by atoms with van der Waals surface area (Å²) in [5.41, 5.74) is 0.762. The summed E-state index contributed by atoms with van der Waals surface area (Å²) >= 11 is 0. The van der Waals surface area contributed by atoms with Gasteiger partial charge in [-0.1, -0.05) is 48.0 Å². The summed E-state index contributed by atoms with van der Waals surface area (Å²) in [6.45, 7) is 13.6. The normalized spacial score (nSPS) is 13.8. The van der Waals surface area contributed by atoms with Crippen molar-refractivity contribution in [3.05, 3.63) is 6.42 Å². The molecular formula is C10H21. The maximum atomic E-state index is 2.43. The summed E-state index contributed by atoms with van der Waals surface area (Å²) in [4.78, 5) is 0. The second kappa shape index (κ2) is 2.94. The van der Waals surface area contributed by atoms with E-state index in [0.717, 1.165) is 0 Å². The molecule has 0 rings (SSSR count). The smallest absolute Gasteiger partial charge is 0.0276 e. The molecule has 0 spiro atoms. The average molecular weight is 141 g/mol. The predicted octanol–water partition coefficient (Wildman–Crippen LogP) is 3.67. The van der Waals surface area contributed by atoms with Crippen molar-refractivity contribution in [3.8, 4) is 0 Å². The van der Waals surface area contributed by atoms with Crippen molar-refractivity contribution in [2.24, 2.45) is 10.8 Å². The van der Waals surface area contributed by atoms with Crippen molar-refractivity contribution < 1.29 is 0 Å². The zero-order valence-electron chi connectivity index (χ0n) is 8.28. The maximum Gasteiger partial charge on any atom is -0.0276 e. The zero-order chi connectivity index (χ0) is 8.41. The van der Waals surface area contributed by atoms with E-state index in [1.807, 2.05) is 0 Å². The van der Waals surface area contributed by atoms with Crippen LogP contribution in [0, 0.1) is 17.3 Å². The molecule has 0 aliphatic carbocycles. The molecule has 1 radical (unpaired) electrons. The first kappa shape index (κ1) is 10.0. The van der Waals surface area contributed by atoms with Crippen molar-refractivity contribution in [2.75, 3.05) is 0 Å². The van der Waals surface area contributed by atoms with Gasteiger partial charge in [-0.05, 0) is 17.3 Å². The lowest BCUT2D eigenvalue weighted by Crippen LogP contribution is -2.20. The quantitative estimate of drug-likeness (QED) is 0.550. The highest BCUT2D eigenvalue weighted by molar-refractivity contribution is 4.92. The van der Waals surface area contributed by atoms with E-state index in [9.17, 15) is 0 Å². The maximum absolute atomic E-state index is 2.43. The average Bonchev–Trinajstić information content (AvgIpc) is 1.60. The molecule has 0 aromatic heterocycles. The number of hydrogen-bond acceptors (Lipinski definition) is 0. The SMILES string of the molecule is CCC(C)(C)[CH]C(C)(C)C. The van der Waals surface area contributed by atoms with Crippen molar-refractivity contribution in [2.45, 2.75) is 48.0 Å². The second-order valence-corrected chi connectivity index (χ2v) is 4.85. The summed E-state index contributed by atoms with van der Waals surface area (Å²) < 4.78 is 0. The van der Waals surface area contributed by atoms with Gasteiger partial charge in [-0.2, -0.15) is 0 Å². The Morgan fingerprint density at radius 2 is 1.40 bits per heavy atom. The topological polar surface area (TPSA) is 0 Å². The first-order valence-corrected chi connectivity index (χ1v) is 4.14. The van der Waals surface area contributed by atoms with Gasteiger partial charge in [-0.3, -0.25) is 0 Å². The van der Waals surface area contributed by atoms with Crippen molar-refractivity contribution in [1.29, 1.82) is 0 Å². The van der Waals surface area contributed by atoms with E-state index in [1.165, 1.54) is 6.42 Å². The molecule has 0 aliphatic heterocycles. The molecule has 0 atom stereocenters. The fourth-order valence-corrected chi connectivity index (χ4v) is 1.27. The van der Waals surface area contributed by atoms with Crippen molar-refractivity contribution in [3.63, 3.8) is 0 Å². The summed E-state index contributed by atoms with van der Waals surface area (Å²) in [7, 11) is 0. The molecule has 0 saturated carbocycles. The Morgan fingerprint density at radius 1 is 1.00 bits per heavy atom. The standard InChI is InChI=1S/C10H21/c1-7-10(5,6)8-9(2,3)4/h8H,7H2,1-6H3. The van der Waals surface area contributed by atoms with Gasteiger partial charge in [0.1, 0.15) is 0 Å². The van der Waals surface area contributed by atoms with E-state index in [0.29, 0.717) is 10.8 Å². The van der Waals surface area contributed by atoms with Gasteiger partial charge >= 0.3 is 0 Å². The first-order valence-electron chi connectivity index (χ1n) is 4.14. The highest BCUT2D eigenvalue weighted by atomic mass is 14.3. The van der Waals surface area contributed by atoms with Crippen LogP contribution in [0.1, 0.15) is 48.0 Å².